The number of rotatable bonds is 11. The van der Waals surface area contributed by atoms with Gasteiger partial charge in [-0.3, -0.25) is 4.90 Å². The van der Waals surface area contributed by atoms with Crippen LogP contribution in [-0.2, 0) is 16.1 Å². The van der Waals surface area contributed by atoms with Crippen molar-refractivity contribution in [3.8, 4) is 0 Å². The van der Waals surface area contributed by atoms with Crippen molar-refractivity contribution in [2.24, 2.45) is 0 Å². The molecule has 0 aromatic heterocycles. The van der Waals surface area contributed by atoms with Gasteiger partial charge in [0.25, 0.3) is 0 Å². The second-order valence-corrected chi connectivity index (χ2v) is 8.90. The number of benzene rings is 1. The monoisotopic (exact) mass is 435 g/mol. The van der Waals surface area contributed by atoms with E-state index in [9.17, 15) is 9.90 Å². The van der Waals surface area contributed by atoms with Gasteiger partial charge in [-0.25, -0.2) is 4.79 Å². The van der Waals surface area contributed by atoms with Crippen LogP contribution in [0.25, 0.3) is 0 Å². The summed E-state index contributed by atoms with van der Waals surface area (Å²) in [7, 11) is 0. The molecule has 7 heteroatoms. The van der Waals surface area contributed by atoms with Crippen molar-refractivity contribution >= 4 is 11.7 Å². The first-order valence-corrected chi connectivity index (χ1v) is 11.6. The molecule has 7 nitrogen and oxygen atoms in total. The molecule has 2 rings (SSSR count). The molecule has 1 aromatic rings. The van der Waals surface area contributed by atoms with Crippen LogP contribution in [-0.4, -0.2) is 78.1 Å². The van der Waals surface area contributed by atoms with E-state index in [0.717, 1.165) is 30.6 Å². The number of carbonyl (C=O) groups is 1. The van der Waals surface area contributed by atoms with Gasteiger partial charge < -0.3 is 24.8 Å². The fourth-order valence-electron chi connectivity index (χ4n) is 4.07. The second kappa shape index (κ2) is 12.4. The Bertz CT molecular complexity index is 677. The summed E-state index contributed by atoms with van der Waals surface area (Å²) in [5.41, 5.74) is 1.04. The van der Waals surface area contributed by atoms with Gasteiger partial charge in [0.1, 0.15) is 0 Å². The Morgan fingerprint density at radius 3 is 2.48 bits per heavy atom. The van der Waals surface area contributed by atoms with Crippen LogP contribution in [0.2, 0.25) is 0 Å². The molecule has 0 spiro atoms. The van der Waals surface area contributed by atoms with Gasteiger partial charge >= 0.3 is 6.03 Å². The minimum absolute atomic E-state index is 0.0670. The van der Waals surface area contributed by atoms with Gasteiger partial charge in [-0.05, 0) is 51.3 Å². The molecule has 1 aromatic carbocycles. The summed E-state index contributed by atoms with van der Waals surface area (Å²) in [4.78, 5) is 17.4. The van der Waals surface area contributed by atoms with Crippen LogP contribution >= 0.6 is 0 Å². The average Bonchev–Trinajstić information content (AvgIpc) is 2.72. The van der Waals surface area contributed by atoms with E-state index in [4.69, 9.17) is 9.47 Å². The summed E-state index contributed by atoms with van der Waals surface area (Å²) in [6.07, 6.45) is 1.81. The van der Waals surface area contributed by atoms with Crippen molar-refractivity contribution in [1.82, 2.24) is 9.80 Å². The number of carbonyl (C=O) groups excluding carboxylic acids is 1. The lowest BCUT2D eigenvalue weighted by Crippen LogP contribution is -2.62. The topological polar surface area (TPSA) is 74.3 Å². The van der Waals surface area contributed by atoms with E-state index in [0.29, 0.717) is 39.5 Å². The highest BCUT2D eigenvalue weighted by Gasteiger charge is 2.36. The second-order valence-electron chi connectivity index (χ2n) is 8.90. The number of nitrogens with zero attached hydrogens (tertiary/aromatic N) is 2. The summed E-state index contributed by atoms with van der Waals surface area (Å²) < 4.78 is 10.9. The molecule has 1 fully saturated rings. The fourth-order valence-corrected chi connectivity index (χ4v) is 4.07. The molecular weight excluding hydrogens is 394 g/mol. The van der Waals surface area contributed by atoms with Crippen molar-refractivity contribution in [3.05, 3.63) is 29.8 Å². The number of nitrogens with one attached hydrogen (secondary N) is 1. The maximum Gasteiger partial charge on any atom is 0.322 e. The van der Waals surface area contributed by atoms with E-state index in [-0.39, 0.29) is 18.1 Å². The molecule has 2 atom stereocenters. The van der Waals surface area contributed by atoms with Crippen LogP contribution in [0.5, 0.6) is 0 Å². The van der Waals surface area contributed by atoms with E-state index in [1.165, 1.54) is 0 Å². The molecular formula is C24H41N3O4. The summed E-state index contributed by atoms with van der Waals surface area (Å²) in [6, 6.07) is 8.09. The molecule has 1 aliphatic heterocycles. The third-order valence-electron chi connectivity index (χ3n) is 5.63. The fraction of sp³-hybridized carbons (Fsp3) is 0.708. The van der Waals surface area contributed by atoms with Gasteiger partial charge in [0.05, 0.1) is 25.4 Å². The number of aliphatic hydroxyl groups is 1. The van der Waals surface area contributed by atoms with E-state index < -0.39 is 5.60 Å². The Kier molecular flexibility index (Phi) is 10.2. The lowest BCUT2D eigenvalue weighted by molar-refractivity contribution is -0.0173. The predicted octanol–water partition coefficient (Wildman–Crippen LogP) is 3.72. The van der Waals surface area contributed by atoms with Crippen molar-refractivity contribution in [1.29, 1.82) is 0 Å². The van der Waals surface area contributed by atoms with Gasteiger partial charge in [-0.2, -0.15) is 0 Å². The number of β-amino-alcohol motifs (C(OH)–C–C–N with tert-alkyl or cyclic N) is 1. The van der Waals surface area contributed by atoms with Crippen molar-refractivity contribution in [2.75, 3.05) is 44.8 Å². The van der Waals surface area contributed by atoms with Gasteiger partial charge in [0, 0.05) is 44.0 Å². The molecule has 176 valence electrons. The van der Waals surface area contributed by atoms with Crippen molar-refractivity contribution in [3.63, 3.8) is 0 Å². The maximum atomic E-state index is 13.1. The standard InChI is InChI=1S/C24H41N3O4/c1-6-21-16-27(22(7-2)15-26(21)18-24(4,5)29)23(28)25-20-11-9-10-19(14-20)17-31-13-12-30-8-3/h9-11,14,21-22,29H,6-8,12-13,15-18H2,1-5H3,(H,25,28)/t21-,22+/m1/s1. The van der Waals surface area contributed by atoms with Crippen LogP contribution < -0.4 is 5.32 Å². The van der Waals surface area contributed by atoms with Gasteiger partial charge in [-0.15, -0.1) is 0 Å². The SMILES string of the molecule is CCOCCOCc1cccc(NC(=O)N2C[C@@H](CC)N(CC(C)(C)O)C[C@@H]2CC)c1. The van der Waals surface area contributed by atoms with Crippen molar-refractivity contribution in [2.45, 2.75) is 71.8 Å². The molecule has 31 heavy (non-hydrogen) atoms. The van der Waals surface area contributed by atoms with Crippen LogP contribution in [0, 0.1) is 0 Å². The zero-order chi connectivity index (χ0) is 22.9. The minimum atomic E-state index is -0.749. The third-order valence-corrected chi connectivity index (χ3v) is 5.63. The normalized spacial score (nSPS) is 20.1. The number of amides is 2. The molecule has 0 bridgehead atoms. The molecule has 1 heterocycles. The minimum Gasteiger partial charge on any atom is -0.389 e. The summed E-state index contributed by atoms with van der Waals surface area (Å²) in [5.74, 6) is 0. The van der Waals surface area contributed by atoms with Crippen molar-refractivity contribution < 1.29 is 19.4 Å². The Hall–Kier alpha value is -1.67. The zero-order valence-electron chi connectivity index (χ0n) is 19.9. The number of urea groups is 1. The highest BCUT2D eigenvalue weighted by molar-refractivity contribution is 5.89. The Labute approximate surface area is 187 Å². The maximum absolute atomic E-state index is 13.1. The lowest BCUT2D eigenvalue weighted by atomic mass is 10.00. The zero-order valence-corrected chi connectivity index (χ0v) is 19.9. The van der Waals surface area contributed by atoms with E-state index in [1.807, 2.05) is 49.9 Å². The van der Waals surface area contributed by atoms with Gasteiger partial charge in [0.2, 0.25) is 0 Å². The molecule has 0 aliphatic carbocycles. The number of hydrogen-bond donors (Lipinski definition) is 2. The number of ether oxygens (including phenoxy) is 2. The summed E-state index contributed by atoms with van der Waals surface area (Å²) in [6.45, 7) is 14.3. The highest BCUT2D eigenvalue weighted by atomic mass is 16.5. The Morgan fingerprint density at radius 1 is 1.13 bits per heavy atom. The molecule has 0 saturated carbocycles. The van der Waals surface area contributed by atoms with E-state index in [1.54, 1.807) is 0 Å². The number of anilines is 1. The molecule has 1 aliphatic rings. The average molecular weight is 436 g/mol. The van der Waals surface area contributed by atoms with Crippen LogP contribution in [0.1, 0.15) is 53.0 Å². The largest absolute Gasteiger partial charge is 0.389 e. The molecule has 1 saturated heterocycles. The van der Waals surface area contributed by atoms with Gasteiger partial charge in [-0.1, -0.05) is 26.0 Å². The third kappa shape index (κ3) is 8.41. The van der Waals surface area contributed by atoms with Crippen LogP contribution in [0.4, 0.5) is 10.5 Å². The molecule has 2 N–H and O–H groups in total. The van der Waals surface area contributed by atoms with E-state index >= 15 is 0 Å². The number of hydrogen-bond acceptors (Lipinski definition) is 5. The Balaban J connectivity index is 1.98. The summed E-state index contributed by atoms with van der Waals surface area (Å²) in [5, 5.41) is 13.4. The quantitative estimate of drug-likeness (QED) is 0.518. The molecule has 0 radical (unpaired) electrons. The smallest absolute Gasteiger partial charge is 0.322 e. The Morgan fingerprint density at radius 2 is 1.84 bits per heavy atom. The molecule has 2 amide bonds. The molecule has 0 unspecified atom stereocenters. The summed E-state index contributed by atoms with van der Waals surface area (Å²) >= 11 is 0. The van der Waals surface area contributed by atoms with Crippen LogP contribution in [0.15, 0.2) is 24.3 Å². The van der Waals surface area contributed by atoms with Crippen LogP contribution in [0.3, 0.4) is 0 Å². The first kappa shape index (κ1) is 25.6. The van der Waals surface area contributed by atoms with E-state index in [2.05, 4.69) is 24.1 Å². The van der Waals surface area contributed by atoms with Gasteiger partial charge in [0.15, 0.2) is 0 Å². The first-order chi connectivity index (χ1) is 14.8. The highest BCUT2D eigenvalue weighted by Crippen LogP contribution is 2.23. The first-order valence-electron chi connectivity index (χ1n) is 11.6. The predicted molar refractivity (Wildman–Crippen MR) is 124 cm³/mol. The lowest BCUT2D eigenvalue weighted by Gasteiger charge is -2.47. The number of piperazine rings is 1.